The van der Waals surface area contributed by atoms with Crippen molar-refractivity contribution in [2.24, 2.45) is 7.05 Å². The molecule has 102 valence electrons. The smallest absolute Gasteiger partial charge is 0.176 e. The van der Waals surface area contributed by atoms with E-state index in [1.54, 1.807) is 7.05 Å². The molecule has 0 bridgehead atoms. The summed E-state index contributed by atoms with van der Waals surface area (Å²) in [7, 11) is 1.78. The van der Waals surface area contributed by atoms with Crippen LogP contribution in [0.5, 0.6) is 0 Å². The molecule has 0 saturated heterocycles. The number of hydrogen-bond donors (Lipinski definition) is 1. The van der Waals surface area contributed by atoms with E-state index in [0.29, 0.717) is 0 Å². The molecule has 0 aliphatic rings. The maximum absolute atomic E-state index is 4.25. The molecule has 1 unspecified atom stereocenters. The lowest BCUT2D eigenvalue weighted by atomic mass is 10.0. The van der Waals surface area contributed by atoms with Crippen LogP contribution in [0, 0.1) is 6.92 Å². The quantitative estimate of drug-likeness (QED) is 0.845. The number of nitrogens with zero attached hydrogens (tertiary/aromatic N) is 5. The zero-order valence-corrected chi connectivity index (χ0v) is 11.7. The van der Waals surface area contributed by atoms with Crippen LogP contribution in [0.1, 0.15) is 36.5 Å². The zero-order valence-electron chi connectivity index (χ0n) is 11.7. The summed E-state index contributed by atoms with van der Waals surface area (Å²) in [6, 6.07) is 4.34. The van der Waals surface area contributed by atoms with E-state index in [1.165, 1.54) is 10.4 Å². The molecular formula is C13H20N6. The van der Waals surface area contributed by atoms with E-state index in [4.69, 9.17) is 0 Å². The maximum Gasteiger partial charge on any atom is 0.176 e. The molecule has 0 aliphatic carbocycles. The van der Waals surface area contributed by atoms with Gasteiger partial charge in [-0.15, -0.1) is 10.2 Å². The Hall–Kier alpha value is -1.82. The lowest BCUT2D eigenvalue weighted by Crippen LogP contribution is -2.24. The fourth-order valence-corrected chi connectivity index (χ4v) is 2.00. The molecule has 19 heavy (non-hydrogen) atoms. The van der Waals surface area contributed by atoms with Gasteiger partial charge in [-0.25, -0.2) is 0 Å². The van der Waals surface area contributed by atoms with Crippen LogP contribution in [0.4, 0.5) is 0 Å². The van der Waals surface area contributed by atoms with Gasteiger partial charge in [0.15, 0.2) is 5.82 Å². The van der Waals surface area contributed by atoms with Crippen LogP contribution in [0.2, 0.25) is 0 Å². The Balaban J connectivity index is 2.15. The summed E-state index contributed by atoms with van der Waals surface area (Å²) < 4.78 is 0. The predicted molar refractivity (Wildman–Crippen MR) is 72.5 cm³/mol. The number of pyridine rings is 1. The van der Waals surface area contributed by atoms with Crippen LogP contribution in [-0.4, -0.2) is 31.7 Å². The molecule has 0 radical (unpaired) electrons. The summed E-state index contributed by atoms with van der Waals surface area (Å²) in [6.45, 7) is 5.12. The highest BCUT2D eigenvalue weighted by molar-refractivity contribution is 5.20. The Labute approximate surface area is 113 Å². The van der Waals surface area contributed by atoms with Gasteiger partial charge in [0.2, 0.25) is 0 Å². The van der Waals surface area contributed by atoms with Crippen molar-refractivity contribution in [3.63, 3.8) is 0 Å². The Morgan fingerprint density at radius 1 is 1.42 bits per heavy atom. The first-order valence-corrected chi connectivity index (χ1v) is 6.58. The first-order chi connectivity index (χ1) is 9.19. The predicted octanol–water partition coefficient (Wildman–Crippen LogP) is 1.20. The van der Waals surface area contributed by atoms with Crippen LogP contribution in [0.25, 0.3) is 0 Å². The summed E-state index contributed by atoms with van der Waals surface area (Å²) in [6.07, 6.45) is 3.67. The third-order valence-electron chi connectivity index (χ3n) is 2.90. The molecule has 1 atom stereocenters. The van der Waals surface area contributed by atoms with Crippen LogP contribution >= 0.6 is 0 Å². The maximum atomic E-state index is 4.25. The van der Waals surface area contributed by atoms with Crippen molar-refractivity contribution in [3.8, 4) is 0 Å². The molecule has 0 aliphatic heterocycles. The summed E-state index contributed by atoms with van der Waals surface area (Å²) >= 11 is 0. The first-order valence-electron chi connectivity index (χ1n) is 6.58. The van der Waals surface area contributed by atoms with E-state index in [1.807, 2.05) is 19.2 Å². The van der Waals surface area contributed by atoms with Gasteiger partial charge in [-0.1, -0.05) is 6.92 Å². The third-order valence-corrected chi connectivity index (χ3v) is 2.90. The van der Waals surface area contributed by atoms with Gasteiger partial charge in [-0.05, 0) is 42.8 Å². The number of nitrogens with one attached hydrogen (secondary N) is 1. The molecular weight excluding hydrogens is 240 g/mol. The van der Waals surface area contributed by atoms with Crippen molar-refractivity contribution >= 4 is 0 Å². The molecule has 6 heteroatoms. The minimum absolute atomic E-state index is 0.200. The van der Waals surface area contributed by atoms with Crippen molar-refractivity contribution in [1.29, 1.82) is 0 Å². The molecule has 0 spiro atoms. The largest absolute Gasteiger partial charge is 0.310 e. The average molecular weight is 260 g/mol. The van der Waals surface area contributed by atoms with Gasteiger partial charge in [0.1, 0.15) is 0 Å². The second-order valence-corrected chi connectivity index (χ2v) is 4.64. The molecule has 2 aromatic rings. The van der Waals surface area contributed by atoms with Gasteiger partial charge in [-0.3, -0.25) is 4.98 Å². The molecule has 2 heterocycles. The molecule has 0 saturated carbocycles. The third kappa shape index (κ3) is 3.82. The van der Waals surface area contributed by atoms with E-state index in [0.717, 1.165) is 30.9 Å². The number of aryl methyl sites for hydroxylation is 2. The Morgan fingerprint density at radius 2 is 2.26 bits per heavy atom. The number of tetrazole rings is 1. The highest BCUT2D eigenvalue weighted by Gasteiger charge is 2.14. The Morgan fingerprint density at radius 3 is 2.89 bits per heavy atom. The molecule has 2 aromatic heterocycles. The minimum atomic E-state index is 0.200. The molecule has 0 amide bonds. The number of hydrogen-bond acceptors (Lipinski definition) is 5. The number of aromatic nitrogens is 5. The van der Waals surface area contributed by atoms with Gasteiger partial charge in [0.05, 0.1) is 7.05 Å². The van der Waals surface area contributed by atoms with E-state index in [9.17, 15) is 0 Å². The first kappa shape index (κ1) is 13.6. The summed E-state index contributed by atoms with van der Waals surface area (Å²) in [4.78, 5) is 5.73. The molecule has 0 aromatic carbocycles. The fourth-order valence-electron chi connectivity index (χ4n) is 2.00. The molecule has 1 N–H and O–H groups in total. The highest BCUT2D eigenvalue weighted by Crippen LogP contribution is 2.16. The van der Waals surface area contributed by atoms with E-state index in [-0.39, 0.29) is 6.04 Å². The van der Waals surface area contributed by atoms with Crippen molar-refractivity contribution in [2.45, 2.75) is 32.7 Å². The molecule has 6 nitrogen and oxygen atoms in total. The van der Waals surface area contributed by atoms with Crippen LogP contribution in [0.3, 0.4) is 0 Å². The van der Waals surface area contributed by atoms with Gasteiger partial charge >= 0.3 is 0 Å². The van der Waals surface area contributed by atoms with Crippen molar-refractivity contribution in [2.75, 3.05) is 6.54 Å². The van der Waals surface area contributed by atoms with E-state index in [2.05, 4.69) is 38.7 Å². The molecule has 0 fully saturated rings. The normalized spacial score (nSPS) is 12.6. The van der Waals surface area contributed by atoms with Crippen molar-refractivity contribution in [3.05, 3.63) is 35.4 Å². The van der Waals surface area contributed by atoms with Crippen molar-refractivity contribution < 1.29 is 0 Å². The summed E-state index contributed by atoms with van der Waals surface area (Å²) in [5.41, 5.74) is 2.24. The van der Waals surface area contributed by atoms with E-state index >= 15 is 0 Å². The lowest BCUT2D eigenvalue weighted by molar-refractivity contribution is 0.516. The molecule has 2 rings (SSSR count). The fraction of sp³-hybridized carbons (Fsp3) is 0.538. The zero-order chi connectivity index (χ0) is 13.7. The minimum Gasteiger partial charge on any atom is -0.310 e. The Kier molecular flexibility index (Phi) is 4.57. The van der Waals surface area contributed by atoms with Crippen LogP contribution < -0.4 is 5.32 Å². The van der Waals surface area contributed by atoms with Gasteiger partial charge < -0.3 is 5.32 Å². The van der Waals surface area contributed by atoms with Crippen LogP contribution in [0.15, 0.2) is 18.3 Å². The highest BCUT2D eigenvalue weighted by atomic mass is 15.6. The second-order valence-electron chi connectivity index (χ2n) is 4.64. The standard InChI is InChI=1S/C13H20N6/c1-4-6-15-12(9-13-16-18-19(3)17-13)11-5-7-14-10(2)8-11/h5,7-8,12,15H,4,6,9H2,1-3H3. The monoisotopic (exact) mass is 260 g/mol. The topological polar surface area (TPSA) is 68.5 Å². The van der Waals surface area contributed by atoms with Gasteiger partial charge in [0.25, 0.3) is 0 Å². The summed E-state index contributed by atoms with van der Waals surface area (Å²) in [5.74, 6) is 0.755. The van der Waals surface area contributed by atoms with E-state index < -0.39 is 0 Å². The average Bonchev–Trinajstić information content (AvgIpc) is 2.80. The van der Waals surface area contributed by atoms with Gasteiger partial charge in [-0.2, -0.15) is 4.80 Å². The van der Waals surface area contributed by atoms with Gasteiger partial charge in [0, 0.05) is 24.4 Å². The van der Waals surface area contributed by atoms with Crippen molar-refractivity contribution in [1.82, 2.24) is 30.5 Å². The van der Waals surface area contributed by atoms with Crippen LogP contribution in [-0.2, 0) is 13.5 Å². The second kappa shape index (κ2) is 6.38. The SMILES string of the molecule is CCCNC(Cc1nnn(C)n1)c1ccnc(C)c1. The summed E-state index contributed by atoms with van der Waals surface area (Å²) in [5, 5.41) is 15.7. The lowest BCUT2D eigenvalue weighted by Gasteiger charge is -2.17. The number of rotatable bonds is 6. The Bertz CT molecular complexity index is 521.